The molecule has 2 unspecified atom stereocenters. The van der Waals surface area contributed by atoms with Gasteiger partial charge in [0.05, 0.1) is 0 Å². The molecule has 0 aromatic rings. The highest BCUT2D eigenvalue weighted by Crippen LogP contribution is 1.98. The number of carbonyl (C=O) groups is 1. The second-order valence-corrected chi connectivity index (χ2v) is 2.21. The van der Waals surface area contributed by atoms with E-state index in [2.05, 4.69) is 4.74 Å². The first kappa shape index (κ1) is 9.23. The Hall–Kier alpha value is -0.770. The fraction of sp³-hybridized carbons (Fsp3) is 0.833. The van der Waals surface area contributed by atoms with E-state index in [0.717, 1.165) is 6.42 Å². The first-order valence-electron chi connectivity index (χ1n) is 3.29. The van der Waals surface area contributed by atoms with Crippen molar-refractivity contribution >= 4 is 6.09 Å². The maximum Gasteiger partial charge on any atom is 0.404 e. The Balaban J connectivity index is 3.61. The zero-order valence-corrected chi connectivity index (χ0v) is 6.33. The van der Waals surface area contributed by atoms with Gasteiger partial charge in [0.15, 0.2) is 0 Å². The SMILES string of the molecule is CCC(N)C(C)OC(N)=O. The topological polar surface area (TPSA) is 78.3 Å². The molecule has 0 saturated carbocycles. The van der Waals surface area contributed by atoms with Crippen LogP contribution < -0.4 is 11.5 Å². The van der Waals surface area contributed by atoms with Crippen LogP contribution in [-0.2, 0) is 4.74 Å². The van der Waals surface area contributed by atoms with E-state index >= 15 is 0 Å². The first-order chi connectivity index (χ1) is 4.57. The standard InChI is InChI=1S/C6H14N2O2/c1-3-5(7)4(2)10-6(8)9/h4-5H,3,7H2,1-2H3,(H2,8,9). The Morgan fingerprint density at radius 2 is 2.20 bits per heavy atom. The van der Waals surface area contributed by atoms with Crippen LogP contribution >= 0.6 is 0 Å². The second-order valence-electron chi connectivity index (χ2n) is 2.21. The van der Waals surface area contributed by atoms with Gasteiger partial charge in [-0.15, -0.1) is 0 Å². The number of carbonyl (C=O) groups excluding carboxylic acids is 1. The van der Waals surface area contributed by atoms with Crippen LogP contribution in [0.3, 0.4) is 0 Å². The lowest BCUT2D eigenvalue weighted by molar-refractivity contribution is 0.100. The van der Waals surface area contributed by atoms with Crippen LogP contribution in [-0.4, -0.2) is 18.2 Å². The van der Waals surface area contributed by atoms with Gasteiger partial charge in [-0.1, -0.05) is 6.92 Å². The molecule has 2 atom stereocenters. The van der Waals surface area contributed by atoms with Crippen LogP contribution in [0.2, 0.25) is 0 Å². The van der Waals surface area contributed by atoms with Gasteiger partial charge in [-0.3, -0.25) is 0 Å². The molecule has 0 heterocycles. The molecule has 4 nitrogen and oxygen atoms in total. The van der Waals surface area contributed by atoms with E-state index in [-0.39, 0.29) is 12.1 Å². The van der Waals surface area contributed by atoms with Gasteiger partial charge in [-0.05, 0) is 13.3 Å². The Bertz CT molecular complexity index is 116. The highest BCUT2D eigenvalue weighted by molar-refractivity contribution is 5.64. The summed E-state index contributed by atoms with van der Waals surface area (Å²) in [7, 11) is 0. The Morgan fingerprint density at radius 1 is 1.70 bits per heavy atom. The molecule has 0 aromatic carbocycles. The number of rotatable bonds is 3. The number of nitrogens with two attached hydrogens (primary N) is 2. The van der Waals surface area contributed by atoms with E-state index in [1.807, 2.05) is 6.92 Å². The van der Waals surface area contributed by atoms with Gasteiger partial charge in [0.1, 0.15) is 6.10 Å². The minimum Gasteiger partial charge on any atom is -0.445 e. The molecule has 10 heavy (non-hydrogen) atoms. The zero-order valence-electron chi connectivity index (χ0n) is 6.33. The van der Waals surface area contributed by atoms with Gasteiger partial charge in [-0.25, -0.2) is 4.79 Å². The molecule has 0 saturated heterocycles. The summed E-state index contributed by atoms with van der Waals surface area (Å²) in [4.78, 5) is 10.2. The van der Waals surface area contributed by atoms with Crippen molar-refractivity contribution in [3.8, 4) is 0 Å². The predicted octanol–water partition coefficient (Wildman–Crippen LogP) is 0.208. The van der Waals surface area contributed by atoms with E-state index in [9.17, 15) is 4.79 Å². The lowest BCUT2D eigenvalue weighted by Crippen LogP contribution is -2.36. The molecule has 60 valence electrons. The Morgan fingerprint density at radius 3 is 2.50 bits per heavy atom. The van der Waals surface area contributed by atoms with E-state index in [1.54, 1.807) is 6.92 Å². The quantitative estimate of drug-likeness (QED) is 0.597. The number of hydrogen-bond acceptors (Lipinski definition) is 3. The van der Waals surface area contributed by atoms with Gasteiger partial charge in [0, 0.05) is 6.04 Å². The molecule has 0 bridgehead atoms. The molecule has 0 aromatic heterocycles. The molecule has 0 aliphatic heterocycles. The monoisotopic (exact) mass is 146 g/mol. The van der Waals surface area contributed by atoms with E-state index in [1.165, 1.54) is 0 Å². The second kappa shape index (κ2) is 4.11. The maximum atomic E-state index is 10.2. The molecule has 0 fully saturated rings. The summed E-state index contributed by atoms with van der Waals surface area (Å²) < 4.78 is 4.62. The summed E-state index contributed by atoms with van der Waals surface area (Å²) in [6.45, 7) is 3.64. The lowest BCUT2D eigenvalue weighted by atomic mass is 10.1. The number of primary amides is 1. The molecule has 1 amide bonds. The molecule has 4 heteroatoms. The molecule has 0 aliphatic carbocycles. The molecular weight excluding hydrogens is 132 g/mol. The van der Waals surface area contributed by atoms with Gasteiger partial charge in [0.25, 0.3) is 0 Å². The third-order valence-electron chi connectivity index (χ3n) is 1.38. The van der Waals surface area contributed by atoms with Crippen LogP contribution in [0.5, 0.6) is 0 Å². The molecule has 0 radical (unpaired) electrons. The first-order valence-corrected chi connectivity index (χ1v) is 3.29. The number of hydrogen-bond donors (Lipinski definition) is 2. The Kier molecular flexibility index (Phi) is 3.79. The van der Waals surface area contributed by atoms with Crippen LogP contribution in [0.15, 0.2) is 0 Å². The van der Waals surface area contributed by atoms with Crippen molar-refractivity contribution in [2.24, 2.45) is 11.5 Å². The predicted molar refractivity (Wildman–Crippen MR) is 38.4 cm³/mol. The number of ether oxygens (including phenoxy) is 1. The van der Waals surface area contributed by atoms with Crippen molar-refractivity contribution in [3.63, 3.8) is 0 Å². The summed E-state index contributed by atoms with van der Waals surface area (Å²) in [6.07, 6.45) is -0.284. The third kappa shape index (κ3) is 3.29. The van der Waals surface area contributed by atoms with Crippen LogP contribution in [0.1, 0.15) is 20.3 Å². The van der Waals surface area contributed by atoms with Gasteiger partial charge in [-0.2, -0.15) is 0 Å². The molecule has 4 N–H and O–H groups in total. The Labute approximate surface area is 60.5 Å². The largest absolute Gasteiger partial charge is 0.445 e. The third-order valence-corrected chi connectivity index (χ3v) is 1.38. The highest BCUT2D eigenvalue weighted by Gasteiger charge is 2.12. The number of amides is 1. The minimum atomic E-state index is -0.767. The lowest BCUT2D eigenvalue weighted by Gasteiger charge is -2.16. The minimum absolute atomic E-state index is 0.118. The summed E-state index contributed by atoms with van der Waals surface area (Å²) in [5.41, 5.74) is 10.3. The van der Waals surface area contributed by atoms with Crippen molar-refractivity contribution in [1.29, 1.82) is 0 Å². The van der Waals surface area contributed by atoms with Crippen LogP contribution in [0.25, 0.3) is 0 Å². The van der Waals surface area contributed by atoms with Crippen molar-refractivity contribution < 1.29 is 9.53 Å². The summed E-state index contributed by atoms with van der Waals surface area (Å²) in [5.74, 6) is 0. The van der Waals surface area contributed by atoms with Crippen molar-refractivity contribution in [2.75, 3.05) is 0 Å². The van der Waals surface area contributed by atoms with Crippen LogP contribution in [0, 0.1) is 0 Å². The summed E-state index contributed by atoms with van der Waals surface area (Å²) in [5, 5.41) is 0. The van der Waals surface area contributed by atoms with Gasteiger partial charge in [0.2, 0.25) is 0 Å². The molecule has 0 spiro atoms. The fourth-order valence-electron chi connectivity index (χ4n) is 0.603. The van der Waals surface area contributed by atoms with Crippen molar-refractivity contribution in [3.05, 3.63) is 0 Å². The smallest absolute Gasteiger partial charge is 0.404 e. The maximum absolute atomic E-state index is 10.2. The van der Waals surface area contributed by atoms with E-state index in [0.29, 0.717) is 0 Å². The average Bonchev–Trinajstić information content (AvgIpc) is 1.85. The van der Waals surface area contributed by atoms with Crippen molar-refractivity contribution in [2.45, 2.75) is 32.4 Å². The average molecular weight is 146 g/mol. The fourth-order valence-corrected chi connectivity index (χ4v) is 0.603. The van der Waals surface area contributed by atoms with Crippen LogP contribution in [0.4, 0.5) is 4.79 Å². The highest BCUT2D eigenvalue weighted by atomic mass is 16.6. The molecule has 0 aliphatic rings. The van der Waals surface area contributed by atoms with Gasteiger partial charge >= 0.3 is 6.09 Å². The van der Waals surface area contributed by atoms with Crippen molar-refractivity contribution in [1.82, 2.24) is 0 Å². The summed E-state index contributed by atoms with van der Waals surface area (Å²) >= 11 is 0. The normalized spacial score (nSPS) is 15.9. The molecular formula is C6H14N2O2. The van der Waals surface area contributed by atoms with E-state index in [4.69, 9.17) is 11.5 Å². The summed E-state index contributed by atoms with van der Waals surface area (Å²) in [6, 6.07) is -0.118. The zero-order chi connectivity index (χ0) is 8.15. The van der Waals surface area contributed by atoms with Gasteiger partial charge < -0.3 is 16.2 Å². The van der Waals surface area contributed by atoms with E-state index < -0.39 is 6.09 Å². The molecule has 0 rings (SSSR count).